The van der Waals surface area contributed by atoms with Crippen molar-refractivity contribution in [1.29, 1.82) is 5.26 Å². The second-order valence-corrected chi connectivity index (χ2v) is 4.99. The van der Waals surface area contributed by atoms with Gasteiger partial charge in [-0.25, -0.2) is 4.98 Å². The van der Waals surface area contributed by atoms with Gasteiger partial charge < -0.3 is 5.73 Å². The van der Waals surface area contributed by atoms with Crippen molar-refractivity contribution in [2.24, 2.45) is 0 Å². The SMILES string of the molecule is N#Cc1c(-c2ccccc2Cl)cc([C]2[CH][CH][CH][CH]2)nc1N. The summed E-state index contributed by atoms with van der Waals surface area (Å²) in [7, 11) is 0. The molecule has 2 N–H and O–H groups in total. The molecule has 1 aromatic carbocycles. The number of nitrogen functional groups attached to an aromatic ring is 1. The van der Waals surface area contributed by atoms with Crippen LogP contribution in [0.25, 0.3) is 11.1 Å². The molecule has 3 rings (SSSR count). The normalized spacial score (nSPS) is 15.0. The molecule has 1 aliphatic carbocycles. The molecule has 0 saturated heterocycles. The number of nitrogens with two attached hydrogens (primary N) is 1. The van der Waals surface area contributed by atoms with Crippen molar-refractivity contribution in [3.05, 3.63) is 78.2 Å². The molecule has 0 bridgehead atoms. The molecule has 101 valence electrons. The summed E-state index contributed by atoms with van der Waals surface area (Å²) >= 11 is 6.25. The van der Waals surface area contributed by atoms with Gasteiger partial charge in [0.1, 0.15) is 17.5 Å². The number of benzene rings is 1. The largest absolute Gasteiger partial charge is 0.383 e. The van der Waals surface area contributed by atoms with Gasteiger partial charge in [0, 0.05) is 22.1 Å². The van der Waals surface area contributed by atoms with Crippen LogP contribution >= 0.6 is 11.6 Å². The Balaban J connectivity index is 2.18. The number of halogens is 1. The fourth-order valence-electron chi connectivity index (χ4n) is 2.27. The Kier molecular flexibility index (Phi) is 3.81. The highest BCUT2D eigenvalue weighted by atomic mass is 35.5. The van der Waals surface area contributed by atoms with Crippen molar-refractivity contribution in [3.63, 3.8) is 0 Å². The zero-order valence-electron chi connectivity index (χ0n) is 11.0. The highest BCUT2D eigenvalue weighted by Gasteiger charge is 2.23. The molecule has 1 fully saturated rings. The van der Waals surface area contributed by atoms with Crippen molar-refractivity contribution in [1.82, 2.24) is 4.98 Å². The fraction of sp³-hybridized carbons (Fsp3) is 0. The minimum absolute atomic E-state index is 0.214. The van der Waals surface area contributed by atoms with Crippen LogP contribution in [0.3, 0.4) is 0 Å². The molecule has 21 heavy (non-hydrogen) atoms. The molecule has 0 atom stereocenters. The second kappa shape index (κ2) is 5.75. The molecule has 0 amide bonds. The summed E-state index contributed by atoms with van der Waals surface area (Å²) in [5.41, 5.74) is 8.50. The first kappa shape index (κ1) is 13.9. The summed E-state index contributed by atoms with van der Waals surface area (Å²) in [4.78, 5) is 4.31. The average Bonchev–Trinajstić information content (AvgIpc) is 3.01. The van der Waals surface area contributed by atoms with Crippen molar-refractivity contribution < 1.29 is 0 Å². The molecule has 2 aromatic rings. The molecule has 0 aliphatic heterocycles. The van der Waals surface area contributed by atoms with E-state index in [0.717, 1.165) is 17.2 Å². The van der Waals surface area contributed by atoms with Crippen LogP contribution in [-0.2, 0) is 0 Å². The molecule has 0 unspecified atom stereocenters. The Morgan fingerprint density at radius 2 is 1.81 bits per heavy atom. The van der Waals surface area contributed by atoms with Crippen LogP contribution in [0, 0.1) is 42.9 Å². The van der Waals surface area contributed by atoms with E-state index in [1.807, 2.05) is 49.9 Å². The number of rotatable bonds is 2. The standard InChI is InChI=1S/C17H11ClN3/c18-15-8-4-3-7-12(15)13-9-16(11-5-1-2-6-11)21-17(20)14(13)10-19/h1-9H,(H2,20,21). The van der Waals surface area contributed by atoms with Gasteiger partial charge in [0.05, 0.1) is 5.69 Å². The summed E-state index contributed by atoms with van der Waals surface area (Å²) in [6, 6.07) is 11.3. The lowest BCUT2D eigenvalue weighted by Gasteiger charge is -2.14. The van der Waals surface area contributed by atoms with Crippen molar-refractivity contribution in [3.8, 4) is 17.2 Å². The Labute approximate surface area is 129 Å². The zero-order chi connectivity index (χ0) is 14.8. The average molecular weight is 293 g/mol. The molecule has 1 aromatic heterocycles. The third-order valence-corrected chi connectivity index (χ3v) is 3.61. The van der Waals surface area contributed by atoms with E-state index >= 15 is 0 Å². The summed E-state index contributed by atoms with van der Waals surface area (Å²) in [5, 5.41) is 9.94. The van der Waals surface area contributed by atoms with Crippen LogP contribution in [0.15, 0.2) is 30.3 Å². The molecule has 1 heterocycles. The summed E-state index contributed by atoms with van der Waals surface area (Å²) in [6.45, 7) is 0. The Hall–Kier alpha value is -2.05. The van der Waals surface area contributed by atoms with Crippen molar-refractivity contribution in [2.75, 3.05) is 5.73 Å². The van der Waals surface area contributed by atoms with E-state index < -0.39 is 0 Å². The summed E-state index contributed by atoms with van der Waals surface area (Å²) in [6.07, 6.45) is 7.76. The summed E-state index contributed by atoms with van der Waals surface area (Å²) < 4.78 is 0. The van der Waals surface area contributed by atoms with Gasteiger partial charge in [-0.3, -0.25) is 0 Å². The maximum atomic E-state index is 9.36. The van der Waals surface area contributed by atoms with Crippen molar-refractivity contribution in [2.45, 2.75) is 0 Å². The highest BCUT2D eigenvalue weighted by molar-refractivity contribution is 6.33. The number of aromatic nitrogens is 1. The highest BCUT2D eigenvalue weighted by Crippen LogP contribution is 2.36. The van der Waals surface area contributed by atoms with E-state index in [0.29, 0.717) is 16.1 Å². The van der Waals surface area contributed by atoms with Crippen LogP contribution in [0.1, 0.15) is 11.3 Å². The molecule has 1 aliphatic rings. The third-order valence-electron chi connectivity index (χ3n) is 3.28. The predicted molar refractivity (Wildman–Crippen MR) is 83.4 cm³/mol. The lowest BCUT2D eigenvalue weighted by Crippen LogP contribution is -2.05. The second-order valence-electron chi connectivity index (χ2n) is 4.58. The van der Waals surface area contributed by atoms with E-state index in [2.05, 4.69) is 11.1 Å². The maximum absolute atomic E-state index is 9.36. The van der Waals surface area contributed by atoms with E-state index in [1.54, 1.807) is 6.07 Å². The topological polar surface area (TPSA) is 62.7 Å². The Morgan fingerprint density at radius 1 is 1.10 bits per heavy atom. The molecule has 0 spiro atoms. The molecular weight excluding hydrogens is 282 g/mol. The number of anilines is 1. The fourth-order valence-corrected chi connectivity index (χ4v) is 2.50. The number of pyridine rings is 1. The van der Waals surface area contributed by atoms with Gasteiger partial charge in [0.25, 0.3) is 0 Å². The van der Waals surface area contributed by atoms with Crippen LogP contribution in [0.4, 0.5) is 5.82 Å². The first-order valence-electron chi connectivity index (χ1n) is 6.38. The van der Waals surface area contributed by atoms with E-state index in [-0.39, 0.29) is 5.82 Å². The van der Waals surface area contributed by atoms with E-state index in [1.165, 1.54) is 0 Å². The first-order chi connectivity index (χ1) is 10.2. The first-order valence-corrected chi connectivity index (χ1v) is 6.76. The van der Waals surface area contributed by atoms with Gasteiger partial charge in [-0.2, -0.15) is 5.26 Å². The van der Waals surface area contributed by atoms with Crippen LogP contribution < -0.4 is 5.73 Å². The van der Waals surface area contributed by atoms with Gasteiger partial charge in [-0.1, -0.05) is 29.8 Å². The number of nitrogens with zero attached hydrogens (tertiary/aromatic N) is 2. The number of nitriles is 1. The Morgan fingerprint density at radius 3 is 2.48 bits per heavy atom. The zero-order valence-corrected chi connectivity index (χ0v) is 11.8. The van der Waals surface area contributed by atoms with E-state index in [4.69, 9.17) is 17.3 Å². The van der Waals surface area contributed by atoms with Gasteiger partial charge in [0.15, 0.2) is 0 Å². The molecule has 5 radical (unpaired) electrons. The quantitative estimate of drug-likeness (QED) is 0.919. The lowest BCUT2D eigenvalue weighted by atomic mass is 9.95. The monoisotopic (exact) mass is 292 g/mol. The van der Waals surface area contributed by atoms with E-state index in [9.17, 15) is 5.26 Å². The predicted octanol–water partition coefficient (Wildman–Crippen LogP) is 3.61. The van der Waals surface area contributed by atoms with Crippen LogP contribution in [-0.4, -0.2) is 4.98 Å². The molecule has 3 nitrogen and oxygen atoms in total. The number of hydrogen-bond acceptors (Lipinski definition) is 3. The van der Waals surface area contributed by atoms with Gasteiger partial charge in [-0.15, -0.1) is 0 Å². The lowest BCUT2D eigenvalue weighted by molar-refractivity contribution is 1.14. The maximum Gasteiger partial charge on any atom is 0.142 e. The van der Waals surface area contributed by atoms with Crippen LogP contribution in [0.2, 0.25) is 5.02 Å². The van der Waals surface area contributed by atoms with Gasteiger partial charge in [-0.05, 0) is 37.8 Å². The minimum Gasteiger partial charge on any atom is -0.383 e. The summed E-state index contributed by atoms with van der Waals surface area (Å²) in [5.74, 6) is 1.17. The molecule has 1 saturated carbocycles. The molecular formula is C17H11ClN3. The molecule has 4 heteroatoms. The van der Waals surface area contributed by atoms with Gasteiger partial charge in [0.2, 0.25) is 0 Å². The number of hydrogen-bond donors (Lipinski definition) is 1. The van der Waals surface area contributed by atoms with Crippen LogP contribution in [0.5, 0.6) is 0 Å². The Bertz CT molecular complexity index is 712. The van der Waals surface area contributed by atoms with Crippen molar-refractivity contribution >= 4 is 17.4 Å². The minimum atomic E-state index is 0.214. The smallest absolute Gasteiger partial charge is 0.142 e. The third kappa shape index (κ3) is 2.59. The van der Waals surface area contributed by atoms with Gasteiger partial charge >= 0.3 is 0 Å².